The third-order valence-corrected chi connectivity index (χ3v) is 5.17. The SMILES string of the molecule is C[C@H](NC(=O)c1ccccc1NC(=O)CCc1ccc2c(c1)OCO2)c1ccccc1. The van der Waals surface area contributed by atoms with Gasteiger partial charge in [-0.3, -0.25) is 9.59 Å². The molecule has 1 heterocycles. The van der Waals surface area contributed by atoms with Crippen molar-refractivity contribution in [1.29, 1.82) is 0 Å². The fourth-order valence-corrected chi connectivity index (χ4v) is 3.46. The van der Waals surface area contributed by atoms with Crippen LogP contribution >= 0.6 is 0 Å². The molecule has 158 valence electrons. The molecule has 0 fully saturated rings. The monoisotopic (exact) mass is 416 g/mol. The van der Waals surface area contributed by atoms with E-state index in [9.17, 15) is 9.59 Å². The lowest BCUT2D eigenvalue weighted by Gasteiger charge is -2.16. The smallest absolute Gasteiger partial charge is 0.253 e. The first kappa shape index (κ1) is 20.5. The zero-order valence-corrected chi connectivity index (χ0v) is 17.3. The molecule has 3 aromatic rings. The van der Waals surface area contributed by atoms with E-state index in [0.717, 1.165) is 16.9 Å². The van der Waals surface area contributed by atoms with Crippen LogP contribution in [0.15, 0.2) is 72.8 Å². The van der Waals surface area contributed by atoms with Crippen molar-refractivity contribution in [2.45, 2.75) is 25.8 Å². The Morgan fingerprint density at radius 2 is 1.68 bits per heavy atom. The Balaban J connectivity index is 1.37. The molecule has 1 aliphatic rings. The van der Waals surface area contributed by atoms with Crippen molar-refractivity contribution >= 4 is 17.5 Å². The normalized spacial score (nSPS) is 12.8. The summed E-state index contributed by atoms with van der Waals surface area (Å²) in [7, 11) is 0. The number of carbonyl (C=O) groups is 2. The lowest BCUT2D eigenvalue weighted by molar-refractivity contribution is -0.116. The second kappa shape index (κ2) is 9.34. The van der Waals surface area contributed by atoms with Gasteiger partial charge in [0.1, 0.15) is 0 Å². The number of nitrogens with one attached hydrogen (secondary N) is 2. The Hall–Kier alpha value is -3.80. The van der Waals surface area contributed by atoms with Crippen LogP contribution in [0.25, 0.3) is 0 Å². The summed E-state index contributed by atoms with van der Waals surface area (Å²) in [5, 5.41) is 5.86. The second-order valence-electron chi connectivity index (χ2n) is 7.39. The molecule has 1 aliphatic heterocycles. The standard InChI is InChI=1S/C25H24N2O4/c1-17(19-7-3-2-4-8-19)26-25(29)20-9-5-6-10-21(20)27-24(28)14-12-18-11-13-22-23(15-18)31-16-30-22/h2-11,13,15,17H,12,14,16H2,1H3,(H,26,29)(H,27,28)/t17-/m0/s1. The summed E-state index contributed by atoms with van der Waals surface area (Å²) in [5.41, 5.74) is 2.93. The topological polar surface area (TPSA) is 76.7 Å². The summed E-state index contributed by atoms with van der Waals surface area (Å²) in [6.07, 6.45) is 0.845. The van der Waals surface area contributed by atoms with Crippen molar-refractivity contribution in [3.8, 4) is 11.5 Å². The van der Waals surface area contributed by atoms with Crippen molar-refractivity contribution in [2.75, 3.05) is 12.1 Å². The van der Waals surface area contributed by atoms with Crippen molar-refractivity contribution in [3.63, 3.8) is 0 Å². The maximum atomic E-state index is 12.8. The quantitative estimate of drug-likeness (QED) is 0.596. The molecule has 0 saturated heterocycles. The molecule has 0 saturated carbocycles. The lowest BCUT2D eigenvalue weighted by Crippen LogP contribution is -2.28. The molecule has 0 spiro atoms. The number of fused-ring (bicyclic) bond motifs is 1. The van der Waals surface area contributed by atoms with Crippen LogP contribution in [0, 0.1) is 0 Å². The molecule has 6 nitrogen and oxygen atoms in total. The third kappa shape index (κ3) is 5.04. The van der Waals surface area contributed by atoms with Gasteiger partial charge in [-0.25, -0.2) is 0 Å². The number of para-hydroxylation sites is 1. The highest BCUT2D eigenvalue weighted by Crippen LogP contribution is 2.32. The van der Waals surface area contributed by atoms with Gasteiger partial charge in [0.05, 0.1) is 17.3 Å². The fourth-order valence-electron chi connectivity index (χ4n) is 3.46. The highest BCUT2D eigenvalue weighted by atomic mass is 16.7. The molecule has 6 heteroatoms. The molecule has 0 unspecified atom stereocenters. The minimum atomic E-state index is -0.233. The molecule has 1 atom stereocenters. The van der Waals surface area contributed by atoms with Crippen LogP contribution in [0.1, 0.15) is 40.9 Å². The molecule has 3 aromatic carbocycles. The van der Waals surface area contributed by atoms with Gasteiger partial charge in [-0.2, -0.15) is 0 Å². The molecular weight excluding hydrogens is 392 g/mol. The lowest BCUT2D eigenvalue weighted by atomic mass is 10.1. The first-order chi connectivity index (χ1) is 15.1. The number of rotatable bonds is 7. The van der Waals surface area contributed by atoms with Gasteiger partial charge in [-0.1, -0.05) is 48.5 Å². The van der Waals surface area contributed by atoms with Crippen LogP contribution in [0.3, 0.4) is 0 Å². The van der Waals surface area contributed by atoms with Gasteiger partial charge < -0.3 is 20.1 Å². The number of aryl methyl sites for hydroxylation is 1. The third-order valence-electron chi connectivity index (χ3n) is 5.17. The van der Waals surface area contributed by atoms with Gasteiger partial charge >= 0.3 is 0 Å². The van der Waals surface area contributed by atoms with E-state index in [-0.39, 0.29) is 31.1 Å². The number of carbonyl (C=O) groups excluding carboxylic acids is 2. The summed E-state index contributed by atoms with van der Waals surface area (Å²) in [6.45, 7) is 2.15. The number of amides is 2. The molecule has 4 rings (SSSR count). The van der Waals surface area contributed by atoms with Crippen LogP contribution in [0.2, 0.25) is 0 Å². The van der Waals surface area contributed by atoms with E-state index in [2.05, 4.69) is 10.6 Å². The van der Waals surface area contributed by atoms with Gasteiger partial charge in [0, 0.05) is 6.42 Å². The predicted octanol–water partition coefficient (Wildman–Crippen LogP) is 4.48. The first-order valence-electron chi connectivity index (χ1n) is 10.2. The zero-order valence-electron chi connectivity index (χ0n) is 17.3. The van der Waals surface area contributed by atoms with Crippen molar-refractivity contribution in [2.24, 2.45) is 0 Å². The first-order valence-corrected chi connectivity index (χ1v) is 10.2. The highest BCUT2D eigenvalue weighted by molar-refractivity contribution is 6.03. The molecule has 31 heavy (non-hydrogen) atoms. The molecule has 0 aromatic heterocycles. The van der Waals surface area contributed by atoms with E-state index in [1.165, 1.54) is 0 Å². The van der Waals surface area contributed by atoms with E-state index in [4.69, 9.17) is 9.47 Å². The molecule has 0 radical (unpaired) electrons. The number of benzene rings is 3. The summed E-state index contributed by atoms with van der Waals surface area (Å²) < 4.78 is 10.7. The van der Waals surface area contributed by atoms with E-state index in [1.807, 2.05) is 55.5 Å². The van der Waals surface area contributed by atoms with Crippen LogP contribution in [-0.2, 0) is 11.2 Å². The van der Waals surface area contributed by atoms with Gasteiger partial charge in [0.2, 0.25) is 12.7 Å². The molecule has 2 amide bonds. The second-order valence-corrected chi connectivity index (χ2v) is 7.39. The van der Waals surface area contributed by atoms with Crippen molar-refractivity contribution < 1.29 is 19.1 Å². The summed E-state index contributed by atoms with van der Waals surface area (Å²) in [5.74, 6) is 1.03. The van der Waals surface area contributed by atoms with Crippen LogP contribution < -0.4 is 20.1 Å². The van der Waals surface area contributed by atoms with Crippen LogP contribution in [0.5, 0.6) is 11.5 Å². The van der Waals surface area contributed by atoms with Gasteiger partial charge in [0.15, 0.2) is 11.5 Å². The number of ether oxygens (including phenoxy) is 2. The van der Waals surface area contributed by atoms with E-state index < -0.39 is 0 Å². The Morgan fingerprint density at radius 3 is 2.52 bits per heavy atom. The van der Waals surface area contributed by atoms with Crippen LogP contribution in [-0.4, -0.2) is 18.6 Å². The number of hydrogen-bond donors (Lipinski definition) is 2. The summed E-state index contributed by atoms with van der Waals surface area (Å²) in [6, 6.07) is 22.3. The average molecular weight is 416 g/mol. The van der Waals surface area contributed by atoms with Crippen LogP contribution in [0.4, 0.5) is 5.69 Å². The van der Waals surface area contributed by atoms with Crippen molar-refractivity contribution in [3.05, 3.63) is 89.5 Å². The highest BCUT2D eigenvalue weighted by Gasteiger charge is 2.17. The van der Waals surface area contributed by atoms with E-state index in [0.29, 0.717) is 23.4 Å². The Morgan fingerprint density at radius 1 is 0.935 bits per heavy atom. The van der Waals surface area contributed by atoms with E-state index >= 15 is 0 Å². The average Bonchev–Trinajstić information content (AvgIpc) is 3.26. The maximum Gasteiger partial charge on any atom is 0.253 e. The molecule has 0 aliphatic carbocycles. The minimum absolute atomic E-state index is 0.150. The van der Waals surface area contributed by atoms with Gasteiger partial charge in [-0.05, 0) is 48.7 Å². The maximum absolute atomic E-state index is 12.8. The molecule has 0 bridgehead atoms. The molecule has 2 N–H and O–H groups in total. The van der Waals surface area contributed by atoms with Gasteiger partial charge in [-0.15, -0.1) is 0 Å². The van der Waals surface area contributed by atoms with Gasteiger partial charge in [0.25, 0.3) is 5.91 Å². The Bertz CT molecular complexity index is 1080. The fraction of sp³-hybridized carbons (Fsp3) is 0.200. The predicted molar refractivity (Wildman–Crippen MR) is 118 cm³/mol. The molecular formula is C25H24N2O4. The Kier molecular flexibility index (Phi) is 6.17. The Labute approximate surface area is 181 Å². The largest absolute Gasteiger partial charge is 0.454 e. The zero-order chi connectivity index (χ0) is 21.6. The van der Waals surface area contributed by atoms with Crippen molar-refractivity contribution in [1.82, 2.24) is 5.32 Å². The number of hydrogen-bond acceptors (Lipinski definition) is 4. The minimum Gasteiger partial charge on any atom is -0.454 e. The summed E-state index contributed by atoms with van der Waals surface area (Å²) >= 11 is 0. The van der Waals surface area contributed by atoms with E-state index in [1.54, 1.807) is 24.3 Å². The summed E-state index contributed by atoms with van der Waals surface area (Å²) in [4.78, 5) is 25.4. The number of anilines is 1.